The minimum absolute atomic E-state index is 0.754. The van der Waals surface area contributed by atoms with Crippen LogP contribution in [-0.2, 0) is 11.2 Å². The molecule has 4 rings (SSSR count). The van der Waals surface area contributed by atoms with Gasteiger partial charge < -0.3 is 9.64 Å². The molecule has 2 aromatic rings. The molecule has 0 amide bonds. The number of aromatic nitrogens is 1. The molecule has 2 fully saturated rings. The minimum Gasteiger partial charge on any atom is -0.379 e. The van der Waals surface area contributed by atoms with E-state index < -0.39 is 0 Å². The van der Waals surface area contributed by atoms with E-state index in [1.54, 1.807) is 0 Å². The largest absolute Gasteiger partial charge is 0.379 e. The average Bonchev–Trinajstić information content (AvgIpc) is 2.68. The fourth-order valence-corrected chi connectivity index (χ4v) is 4.23. The lowest BCUT2D eigenvalue weighted by Crippen LogP contribution is -2.44. The number of anilines is 1. The fraction of sp³-hybridized carbons (Fsp3) is 0.571. The van der Waals surface area contributed by atoms with E-state index in [1.165, 1.54) is 36.2 Å². The van der Waals surface area contributed by atoms with Gasteiger partial charge in [0.05, 0.1) is 18.7 Å². The maximum atomic E-state index is 5.49. The summed E-state index contributed by atoms with van der Waals surface area (Å²) in [5, 5.41) is 1.30. The predicted octanol–water partition coefficient (Wildman–Crippen LogP) is 3.35. The summed E-state index contributed by atoms with van der Waals surface area (Å²) in [5.41, 5.74) is 3.71. The number of hydrogen-bond donors (Lipinski definition) is 0. The molecule has 1 atom stereocenters. The molecule has 1 unspecified atom stereocenters. The van der Waals surface area contributed by atoms with E-state index in [4.69, 9.17) is 9.72 Å². The van der Waals surface area contributed by atoms with Crippen molar-refractivity contribution in [3.63, 3.8) is 0 Å². The lowest BCUT2D eigenvalue weighted by molar-refractivity contribution is 0.0296. The first-order valence-corrected chi connectivity index (χ1v) is 9.77. The van der Waals surface area contributed by atoms with E-state index in [2.05, 4.69) is 47.1 Å². The van der Waals surface area contributed by atoms with Crippen molar-refractivity contribution in [3.8, 4) is 0 Å². The van der Waals surface area contributed by atoms with Gasteiger partial charge in [-0.15, -0.1) is 0 Å². The fourth-order valence-electron chi connectivity index (χ4n) is 4.23. The Bertz CT molecular complexity index is 711. The third-order valence-corrected chi connectivity index (χ3v) is 5.59. The van der Waals surface area contributed by atoms with Crippen LogP contribution in [0.3, 0.4) is 0 Å². The molecule has 4 nitrogen and oxygen atoms in total. The van der Waals surface area contributed by atoms with Gasteiger partial charge in [-0.2, -0.15) is 0 Å². The third kappa shape index (κ3) is 3.80. The number of aryl methyl sites for hydroxylation is 1. The zero-order valence-corrected chi connectivity index (χ0v) is 15.3. The van der Waals surface area contributed by atoms with Crippen LogP contribution in [0.5, 0.6) is 0 Å². The monoisotopic (exact) mass is 339 g/mol. The highest BCUT2D eigenvalue weighted by molar-refractivity contribution is 5.92. The standard InChI is InChI=1S/C21H29N3O/c1-2-18-14-21(19-7-3-4-8-20(19)22-18)24-9-5-6-17(16-24)15-23-10-12-25-13-11-23/h3-4,7-8,14,17H,2,5-6,9-13,15-16H2,1H3. The molecule has 134 valence electrons. The molecule has 2 aliphatic heterocycles. The van der Waals surface area contributed by atoms with Crippen LogP contribution >= 0.6 is 0 Å². The van der Waals surface area contributed by atoms with Crippen LogP contribution in [0.25, 0.3) is 10.9 Å². The van der Waals surface area contributed by atoms with Gasteiger partial charge in [-0.3, -0.25) is 9.88 Å². The Kier molecular flexibility index (Phi) is 5.18. The second-order valence-electron chi connectivity index (χ2n) is 7.37. The molecule has 0 bridgehead atoms. The van der Waals surface area contributed by atoms with Crippen LogP contribution in [0, 0.1) is 5.92 Å². The van der Waals surface area contributed by atoms with Gasteiger partial charge in [0.25, 0.3) is 0 Å². The Morgan fingerprint density at radius 3 is 2.84 bits per heavy atom. The molecule has 0 spiro atoms. The number of para-hydroxylation sites is 1. The molecule has 4 heteroatoms. The van der Waals surface area contributed by atoms with Gasteiger partial charge >= 0.3 is 0 Å². The lowest BCUT2D eigenvalue weighted by atomic mass is 9.96. The van der Waals surface area contributed by atoms with Gasteiger partial charge in [0.1, 0.15) is 0 Å². The molecule has 0 radical (unpaired) electrons. The molecular formula is C21H29N3O. The van der Waals surface area contributed by atoms with E-state index >= 15 is 0 Å². The van der Waals surface area contributed by atoms with Crippen molar-refractivity contribution in [2.24, 2.45) is 5.92 Å². The predicted molar refractivity (Wildman–Crippen MR) is 103 cm³/mol. The van der Waals surface area contributed by atoms with Gasteiger partial charge in [-0.05, 0) is 37.3 Å². The number of hydrogen-bond acceptors (Lipinski definition) is 4. The van der Waals surface area contributed by atoms with Gasteiger partial charge in [0.15, 0.2) is 0 Å². The zero-order chi connectivity index (χ0) is 17.1. The first-order chi connectivity index (χ1) is 12.3. The second kappa shape index (κ2) is 7.71. The van der Waals surface area contributed by atoms with E-state index in [0.717, 1.165) is 57.2 Å². The molecule has 0 N–H and O–H groups in total. The summed E-state index contributed by atoms with van der Waals surface area (Å²) >= 11 is 0. The van der Waals surface area contributed by atoms with Crippen molar-refractivity contribution in [2.75, 3.05) is 50.8 Å². The molecule has 2 aliphatic rings. The number of benzene rings is 1. The van der Waals surface area contributed by atoms with E-state index in [0.29, 0.717) is 0 Å². The number of pyridine rings is 1. The number of rotatable bonds is 4. The molecule has 2 saturated heterocycles. The summed E-state index contributed by atoms with van der Waals surface area (Å²) < 4.78 is 5.49. The Morgan fingerprint density at radius 2 is 2.00 bits per heavy atom. The Hall–Kier alpha value is -1.65. The van der Waals surface area contributed by atoms with Gasteiger partial charge in [0, 0.05) is 49.5 Å². The number of morpholine rings is 1. The van der Waals surface area contributed by atoms with Crippen LogP contribution in [0.2, 0.25) is 0 Å². The molecule has 3 heterocycles. The zero-order valence-electron chi connectivity index (χ0n) is 15.3. The van der Waals surface area contributed by atoms with E-state index in [9.17, 15) is 0 Å². The van der Waals surface area contributed by atoms with Crippen LogP contribution in [0.15, 0.2) is 30.3 Å². The summed E-state index contributed by atoms with van der Waals surface area (Å²) in [6.07, 6.45) is 3.62. The molecule has 0 saturated carbocycles. The maximum Gasteiger partial charge on any atom is 0.0726 e. The number of ether oxygens (including phenoxy) is 1. The summed E-state index contributed by atoms with van der Waals surface area (Å²) in [5.74, 6) is 0.754. The lowest BCUT2D eigenvalue weighted by Gasteiger charge is -2.38. The SMILES string of the molecule is CCc1cc(N2CCCC(CN3CCOCC3)C2)c2ccccc2n1. The smallest absolute Gasteiger partial charge is 0.0726 e. The minimum atomic E-state index is 0.754. The van der Waals surface area contributed by atoms with E-state index in [-0.39, 0.29) is 0 Å². The highest BCUT2D eigenvalue weighted by Crippen LogP contribution is 2.31. The second-order valence-corrected chi connectivity index (χ2v) is 7.37. The highest BCUT2D eigenvalue weighted by atomic mass is 16.5. The van der Waals surface area contributed by atoms with Crippen molar-refractivity contribution in [1.29, 1.82) is 0 Å². The Labute approximate surface area is 150 Å². The van der Waals surface area contributed by atoms with Crippen LogP contribution in [-0.4, -0.2) is 55.8 Å². The van der Waals surface area contributed by atoms with Crippen LogP contribution in [0.4, 0.5) is 5.69 Å². The van der Waals surface area contributed by atoms with Crippen molar-refractivity contribution in [3.05, 3.63) is 36.0 Å². The van der Waals surface area contributed by atoms with Crippen LogP contribution < -0.4 is 4.90 Å². The Balaban J connectivity index is 1.55. The van der Waals surface area contributed by atoms with Crippen molar-refractivity contribution in [2.45, 2.75) is 26.2 Å². The quantitative estimate of drug-likeness (QED) is 0.854. The highest BCUT2D eigenvalue weighted by Gasteiger charge is 2.24. The normalized spacial score (nSPS) is 22.4. The number of piperidine rings is 1. The van der Waals surface area contributed by atoms with Gasteiger partial charge in [0.2, 0.25) is 0 Å². The number of fused-ring (bicyclic) bond motifs is 1. The topological polar surface area (TPSA) is 28.6 Å². The summed E-state index contributed by atoms with van der Waals surface area (Å²) in [6, 6.07) is 10.9. The third-order valence-electron chi connectivity index (χ3n) is 5.59. The van der Waals surface area contributed by atoms with E-state index in [1.807, 2.05) is 0 Å². The van der Waals surface area contributed by atoms with Gasteiger partial charge in [-0.1, -0.05) is 25.1 Å². The summed E-state index contributed by atoms with van der Waals surface area (Å²) in [4.78, 5) is 10.0. The van der Waals surface area contributed by atoms with Crippen LogP contribution in [0.1, 0.15) is 25.5 Å². The Morgan fingerprint density at radius 1 is 1.16 bits per heavy atom. The average molecular weight is 339 g/mol. The first-order valence-electron chi connectivity index (χ1n) is 9.77. The molecule has 1 aromatic heterocycles. The van der Waals surface area contributed by atoms with Crippen molar-refractivity contribution in [1.82, 2.24) is 9.88 Å². The molecule has 25 heavy (non-hydrogen) atoms. The van der Waals surface area contributed by atoms with Crippen molar-refractivity contribution < 1.29 is 4.74 Å². The van der Waals surface area contributed by atoms with Crippen molar-refractivity contribution >= 4 is 16.6 Å². The summed E-state index contributed by atoms with van der Waals surface area (Å²) in [6.45, 7) is 9.70. The number of nitrogens with zero attached hydrogens (tertiary/aromatic N) is 3. The molecule has 0 aliphatic carbocycles. The van der Waals surface area contributed by atoms with Gasteiger partial charge in [-0.25, -0.2) is 0 Å². The summed E-state index contributed by atoms with van der Waals surface area (Å²) in [7, 11) is 0. The molecule has 1 aromatic carbocycles. The molecular weight excluding hydrogens is 310 g/mol. The first kappa shape index (κ1) is 16.8. The maximum absolute atomic E-state index is 5.49.